The molecule has 1 aliphatic carbocycles. The topological polar surface area (TPSA) is 44.8 Å². The van der Waals surface area contributed by atoms with Gasteiger partial charge in [0.05, 0.1) is 13.2 Å². The summed E-state index contributed by atoms with van der Waals surface area (Å²) in [6.07, 6.45) is 3.79. The molecule has 4 atom stereocenters. The van der Waals surface area contributed by atoms with E-state index in [1.54, 1.807) is 7.11 Å². The Kier molecular flexibility index (Phi) is 3.26. The van der Waals surface area contributed by atoms with Gasteiger partial charge in [0.25, 0.3) is 0 Å². The third-order valence-corrected chi connectivity index (χ3v) is 3.62. The number of rotatable bonds is 3. The van der Waals surface area contributed by atoms with Crippen molar-refractivity contribution in [3.8, 4) is 0 Å². The molecule has 86 valence electrons. The summed E-state index contributed by atoms with van der Waals surface area (Å²) in [5, 5.41) is 0. The number of esters is 1. The van der Waals surface area contributed by atoms with E-state index in [2.05, 4.69) is 0 Å². The first-order valence-corrected chi connectivity index (χ1v) is 5.49. The molecule has 0 bridgehead atoms. The van der Waals surface area contributed by atoms with E-state index in [1.165, 1.54) is 7.11 Å². The second kappa shape index (κ2) is 4.49. The molecule has 15 heavy (non-hydrogen) atoms. The number of methoxy groups -OCH3 is 2. The van der Waals surface area contributed by atoms with Crippen LogP contribution in [0, 0.1) is 11.8 Å². The largest absolute Gasteiger partial charge is 0.469 e. The van der Waals surface area contributed by atoms with Gasteiger partial charge in [-0.3, -0.25) is 4.79 Å². The lowest BCUT2D eigenvalue weighted by molar-refractivity contribution is -0.142. The van der Waals surface area contributed by atoms with E-state index in [-0.39, 0.29) is 12.3 Å². The Morgan fingerprint density at radius 1 is 1.40 bits per heavy atom. The molecule has 0 amide bonds. The zero-order valence-electron chi connectivity index (χ0n) is 9.27. The predicted molar refractivity (Wildman–Crippen MR) is 53.1 cm³/mol. The molecule has 2 aliphatic rings. The molecule has 0 aromatic heterocycles. The quantitative estimate of drug-likeness (QED) is 0.665. The maximum absolute atomic E-state index is 11.2. The second-order valence-corrected chi connectivity index (χ2v) is 4.36. The Bertz CT molecular complexity index is 241. The highest BCUT2D eigenvalue weighted by molar-refractivity contribution is 5.69. The van der Waals surface area contributed by atoms with Gasteiger partial charge in [-0.05, 0) is 24.7 Å². The average molecular weight is 214 g/mol. The van der Waals surface area contributed by atoms with Crippen LogP contribution >= 0.6 is 0 Å². The van der Waals surface area contributed by atoms with Gasteiger partial charge in [0, 0.05) is 20.0 Å². The van der Waals surface area contributed by atoms with Crippen molar-refractivity contribution >= 4 is 5.97 Å². The van der Waals surface area contributed by atoms with Gasteiger partial charge in [-0.25, -0.2) is 0 Å². The summed E-state index contributed by atoms with van der Waals surface area (Å²) < 4.78 is 15.6. The predicted octanol–water partition coefficient (Wildman–Crippen LogP) is 1.34. The Hall–Kier alpha value is -0.610. The van der Waals surface area contributed by atoms with Crippen molar-refractivity contribution in [3.63, 3.8) is 0 Å². The lowest BCUT2D eigenvalue weighted by atomic mass is 9.90. The number of carbonyl (C=O) groups excluding carboxylic acids is 1. The molecule has 0 aromatic rings. The van der Waals surface area contributed by atoms with Crippen LogP contribution in [0.25, 0.3) is 0 Å². The molecule has 1 saturated carbocycles. The molecule has 0 radical (unpaired) electrons. The molecule has 4 heteroatoms. The lowest BCUT2D eigenvalue weighted by Gasteiger charge is -2.15. The molecule has 2 rings (SSSR count). The minimum absolute atomic E-state index is 0.0690. The molecule has 4 nitrogen and oxygen atoms in total. The fourth-order valence-electron chi connectivity index (χ4n) is 2.80. The number of carbonyl (C=O) groups is 1. The van der Waals surface area contributed by atoms with Gasteiger partial charge >= 0.3 is 5.97 Å². The SMILES string of the molecule is COC(=O)C[C@@H]1CC[C@@H]2OC(OC)C[C@H]12. The molecule has 0 spiro atoms. The van der Waals surface area contributed by atoms with Gasteiger partial charge in [-0.15, -0.1) is 0 Å². The van der Waals surface area contributed by atoms with Crippen molar-refractivity contribution in [2.45, 2.75) is 38.1 Å². The first-order valence-electron chi connectivity index (χ1n) is 5.49. The van der Waals surface area contributed by atoms with Crippen molar-refractivity contribution < 1.29 is 19.0 Å². The van der Waals surface area contributed by atoms with E-state index in [9.17, 15) is 4.79 Å². The van der Waals surface area contributed by atoms with E-state index in [0.717, 1.165) is 19.3 Å². The van der Waals surface area contributed by atoms with Crippen LogP contribution < -0.4 is 0 Å². The summed E-state index contributed by atoms with van der Waals surface area (Å²) in [6, 6.07) is 0. The normalized spacial score (nSPS) is 39.1. The van der Waals surface area contributed by atoms with Crippen LogP contribution in [0.3, 0.4) is 0 Å². The van der Waals surface area contributed by atoms with E-state index in [1.807, 2.05) is 0 Å². The Morgan fingerprint density at radius 2 is 2.20 bits per heavy atom. The van der Waals surface area contributed by atoms with Gasteiger partial charge < -0.3 is 14.2 Å². The smallest absolute Gasteiger partial charge is 0.305 e. The van der Waals surface area contributed by atoms with Crippen LogP contribution in [0.15, 0.2) is 0 Å². The third-order valence-electron chi connectivity index (χ3n) is 3.62. The number of hydrogen-bond acceptors (Lipinski definition) is 4. The zero-order chi connectivity index (χ0) is 10.8. The highest BCUT2D eigenvalue weighted by Crippen LogP contribution is 2.44. The Morgan fingerprint density at radius 3 is 2.87 bits per heavy atom. The molecule has 0 aromatic carbocycles. The Labute approximate surface area is 89.9 Å². The van der Waals surface area contributed by atoms with Crippen LogP contribution in [0.5, 0.6) is 0 Å². The summed E-state index contributed by atoms with van der Waals surface area (Å²) in [7, 11) is 3.11. The standard InChI is InChI=1S/C11H18O4/c1-13-10(12)5-7-3-4-9-8(7)6-11(14-2)15-9/h7-9,11H,3-6H2,1-2H3/t7-,8+,9-,11?/m0/s1. The maximum Gasteiger partial charge on any atom is 0.305 e. The van der Waals surface area contributed by atoms with Crippen LogP contribution in [0.4, 0.5) is 0 Å². The van der Waals surface area contributed by atoms with Gasteiger partial charge in [0.15, 0.2) is 6.29 Å². The highest BCUT2D eigenvalue weighted by Gasteiger charge is 2.45. The Balaban J connectivity index is 1.90. The van der Waals surface area contributed by atoms with E-state index < -0.39 is 0 Å². The van der Waals surface area contributed by atoms with E-state index >= 15 is 0 Å². The van der Waals surface area contributed by atoms with Crippen molar-refractivity contribution in [2.75, 3.05) is 14.2 Å². The van der Waals surface area contributed by atoms with Crippen molar-refractivity contribution in [1.29, 1.82) is 0 Å². The van der Waals surface area contributed by atoms with Gasteiger partial charge in [0.1, 0.15) is 0 Å². The van der Waals surface area contributed by atoms with Crippen molar-refractivity contribution in [3.05, 3.63) is 0 Å². The average Bonchev–Trinajstić information content (AvgIpc) is 2.79. The summed E-state index contributed by atoms with van der Waals surface area (Å²) in [5.41, 5.74) is 0. The summed E-state index contributed by atoms with van der Waals surface area (Å²) >= 11 is 0. The fourth-order valence-corrected chi connectivity index (χ4v) is 2.80. The molecular weight excluding hydrogens is 196 g/mol. The van der Waals surface area contributed by atoms with Gasteiger partial charge in [-0.2, -0.15) is 0 Å². The minimum Gasteiger partial charge on any atom is -0.469 e. The zero-order valence-corrected chi connectivity index (χ0v) is 9.27. The number of ether oxygens (including phenoxy) is 3. The summed E-state index contributed by atoms with van der Waals surface area (Å²) in [4.78, 5) is 11.2. The highest BCUT2D eigenvalue weighted by atomic mass is 16.7. The first-order chi connectivity index (χ1) is 7.24. The van der Waals surface area contributed by atoms with Crippen molar-refractivity contribution in [2.24, 2.45) is 11.8 Å². The molecule has 1 heterocycles. The first kappa shape index (κ1) is 10.9. The van der Waals surface area contributed by atoms with Gasteiger partial charge in [0.2, 0.25) is 0 Å². The summed E-state index contributed by atoms with van der Waals surface area (Å²) in [6.45, 7) is 0. The van der Waals surface area contributed by atoms with Crippen LogP contribution in [-0.2, 0) is 19.0 Å². The third kappa shape index (κ3) is 2.16. The van der Waals surface area contributed by atoms with Crippen LogP contribution in [0.1, 0.15) is 25.7 Å². The summed E-state index contributed by atoms with van der Waals surface area (Å²) in [5.74, 6) is 0.790. The van der Waals surface area contributed by atoms with Crippen LogP contribution in [0.2, 0.25) is 0 Å². The molecule has 2 fully saturated rings. The van der Waals surface area contributed by atoms with Gasteiger partial charge in [-0.1, -0.05) is 0 Å². The maximum atomic E-state index is 11.2. The van der Waals surface area contributed by atoms with Crippen LogP contribution in [-0.4, -0.2) is 32.6 Å². The van der Waals surface area contributed by atoms with Crippen molar-refractivity contribution in [1.82, 2.24) is 0 Å². The lowest BCUT2D eigenvalue weighted by Crippen LogP contribution is -2.17. The molecular formula is C11H18O4. The molecule has 1 saturated heterocycles. The molecule has 1 unspecified atom stereocenters. The molecule has 0 N–H and O–H groups in total. The number of hydrogen-bond donors (Lipinski definition) is 0. The number of fused-ring (bicyclic) bond motifs is 1. The fraction of sp³-hybridized carbons (Fsp3) is 0.909. The monoisotopic (exact) mass is 214 g/mol. The van der Waals surface area contributed by atoms with E-state index in [0.29, 0.717) is 24.4 Å². The second-order valence-electron chi connectivity index (χ2n) is 4.36. The van der Waals surface area contributed by atoms with E-state index in [4.69, 9.17) is 14.2 Å². The minimum atomic E-state index is -0.110. The molecule has 1 aliphatic heterocycles.